The van der Waals surface area contributed by atoms with Crippen LogP contribution < -0.4 is 10.2 Å². The smallest absolute Gasteiger partial charge is 0.244 e. The molecule has 0 aliphatic carbocycles. The first-order chi connectivity index (χ1) is 8.63. The Morgan fingerprint density at radius 1 is 1.50 bits per heavy atom. The molecule has 1 aliphatic heterocycles. The minimum absolute atomic E-state index is 0.0569. The second-order valence-corrected chi connectivity index (χ2v) is 4.73. The zero-order valence-corrected chi connectivity index (χ0v) is 10.7. The van der Waals surface area contributed by atoms with Crippen LogP contribution in [0.4, 0.5) is 5.69 Å². The van der Waals surface area contributed by atoms with Gasteiger partial charge in [-0.25, -0.2) is 0 Å². The van der Waals surface area contributed by atoms with Crippen molar-refractivity contribution >= 4 is 11.6 Å². The van der Waals surface area contributed by atoms with E-state index in [4.69, 9.17) is 5.26 Å². The maximum absolute atomic E-state index is 12.0. The Morgan fingerprint density at radius 3 is 2.89 bits per heavy atom. The van der Waals surface area contributed by atoms with E-state index in [0.717, 1.165) is 17.8 Å². The van der Waals surface area contributed by atoms with Crippen LogP contribution in [-0.4, -0.2) is 24.5 Å². The van der Waals surface area contributed by atoms with E-state index >= 15 is 0 Å². The predicted octanol–water partition coefficient (Wildman–Crippen LogP) is 1.60. The molecule has 1 heterocycles. The fourth-order valence-electron chi connectivity index (χ4n) is 2.39. The molecule has 2 unspecified atom stereocenters. The van der Waals surface area contributed by atoms with E-state index in [1.807, 2.05) is 43.0 Å². The molecule has 0 radical (unpaired) electrons. The third kappa shape index (κ3) is 2.30. The van der Waals surface area contributed by atoms with Gasteiger partial charge in [-0.1, -0.05) is 18.2 Å². The van der Waals surface area contributed by atoms with Crippen molar-refractivity contribution in [3.05, 3.63) is 29.8 Å². The molecule has 1 fully saturated rings. The Balaban J connectivity index is 2.36. The van der Waals surface area contributed by atoms with Crippen molar-refractivity contribution in [1.29, 1.82) is 5.26 Å². The summed E-state index contributed by atoms with van der Waals surface area (Å²) in [5.74, 6) is -0.0569. The molecule has 0 saturated carbocycles. The summed E-state index contributed by atoms with van der Waals surface area (Å²) in [6, 6.07) is 9.79. The second kappa shape index (κ2) is 5.09. The topological polar surface area (TPSA) is 56.1 Å². The van der Waals surface area contributed by atoms with E-state index in [9.17, 15) is 4.79 Å². The van der Waals surface area contributed by atoms with Gasteiger partial charge in [-0.2, -0.15) is 5.26 Å². The Labute approximate surface area is 107 Å². The summed E-state index contributed by atoms with van der Waals surface area (Å²) < 4.78 is 0. The average Bonchev–Trinajstić information content (AvgIpc) is 2.33. The zero-order valence-electron chi connectivity index (χ0n) is 10.7. The summed E-state index contributed by atoms with van der Waals surface area (Å²) >= 11 is 0. The molecule has 18 heavy (non-hydrogen) atoms. The van der Waals surface area contributed by atoms with Crippen molar-refractivity contribution in [1.82, 2.24) is 5.32 Å². The number of aryl methyl sites for hydroxylation is 1. The molecular weight excluding hydrogens is 226 g/mol. The summed E-state index contributed by atoms with van der Waals surface area (Å²) in [6.07, 6.45) is 0.215. The second-order valence-electron chi connectivity index (χ2n) is 4.73. The SMILES string of the molecule is Cc1ccccc1N1CC(C)NC(=O)C1CC#N. The van der Waals surface area contributed by atoms with Gasteiger partial charge >= 0.3 is 0 Å². The van der Waals surface area contributed by atoms with Crippen LogP contribution >= 0.6 is 0 Å². The number of carbonyl (C=O) groups is 1. The first-order valence-corrected chi connectivity index (χ1v) is 6.13. The molecule has 4 heteroatoms. The van der Waals surface area contributed by atoms with Gasteiger partial charge in [-0.15, -0.1) is 0 Å². The van der Waals surface area contributed by atoms with Crippen molar-refractivity contribution in [2.75, 3.05) is 11.4 Å². The third-order valence-corrected chi connectivity index (χ3v) is 3.25. The number of amides is 1. The number of hydrogen-bond acceptors (Lipinski definition) is 3. The minimum Gasteiger partial charge on any atom is -0.356 e. The third-order valence-electron chi connectivity index (χ3n) is 3.25. The zero-order chi connectivity index (χ0) is 13.1. The molecule has 1 aromatic carbocycles. The number of hydrogen-bond donors (Lipinski definition) is 1. The highest BCUT2D eigenvalue weighted by molar-refractivity contribution is 5.87. The van der Waals surface area contributed by atoms with Gasteiger partial charge in [0.05, 0.1) is 12.5 Å². The summed E-state index contributed by atoms with van der Waals surface area (Å²) in [7, 11) is 0. The van der Waals surface area contributed by atoms with Crippen LogP contribution in [0.3, 0.4) is 0 Å². The van der Waals surface area contributed by atoms with Crippen molar-refractivity contribution in [3.8, 4) is 6.07 Å². The van der Waals surface area contributed by atoms with Crippen LogP contribution in [0, 0.1) is 18.3 Å². The molecule has 0 aromatic heterocycles. The predicted molar refractivity (Wildman–Crippen MR) is 70.1 cm³/mol. The monoisotopic (exact) mass is 243 g/mol. The summed E-state index contributed by atoms with van der Waals surface area (Å²) in [5.41, 5.74) is 2.17. The first-order valence-electron chi connectivity index (χ1n) is 6.13. The molecule has 1 amide bonds. The van der Waals surface area contributed by atoms with Crippen molar-refractivity contribution in [2.45, 2.75) is 32.4 Å². The minimum atomic E-state index is -0.382. The van der Waals surface area contributed by atoms with E-state index in [0.29, 0.717) is 0 Å². The normalized spacial score (nSPS) is 23.4. The Morgan fingerprint density at radius 2 is 2.22 bits per heavy atom. The highest BCUT2D eigenvalue weighted by atomic mass is 16.2. The molecule has 94 valence electrons. The van der Waals surface area contributed by atoms with Gasteiger partial charge in [-0.3, -0.25) is 4.79 Å². The summed E-state index contributed by atoms with van der Waals surface area (Å²) in [6.45, 7) is 4.74. The highest BCUT2D eigenvalue weighted by Gasteiger charge is 2.33. The van der Waals surface area contributed by atoms with Gasteiger partial charge in [-0.05, 0) is 25.5 Å². The average molecular weight is 243 g/mol. The van der Waals surface area contributed by atoms with Gasteiger partial charge in [0.15, 0.2) is 0 Å². The van der Waals surface area contributed by atoms with E-state index in [2.05, 4.69) is 11.4 Å². The summed E-state index contributed by atoms with van der Waals surface area (Å²) in [4.78, 5) is 14.0. The van der Waals surface area contributed by atoms with Crippen LogP contribution in [0.1, 0.15) is 18.9 Å². The van der Waals surface area contributed by atoms with E-state index in [-0.39, 0.29) is 24.4 Å². The Hall–Kier alpha value is -2.02. The van der Waals surface area contributed by atoms with Crippen LogP contribution in [0.25, 0.3) is 0 Å². The number of nitriles is 1. The first kappa shape index (κ1) is 12.4. The van der Waals surface area contributed by atoms with Crippen molar-refractivity contribution in [3.63, 3.8) is 0 Å². The van der Waals surface area contributed by atoms with Crippen LogP contribution in [0.5, 0.6) is 0 Å². The van der Waals surface area contributed by atoms with Crippen LogP contribution in [0.15, 0.2) is 24.3 Å². The molecule has 0 spiro atoms. The van der Waals surface area contributed by atoms with Crippen LogP contribution in [0.2, 0.25) is 0 Å². The quantitative estimate of drug-likeness (QED) is 0.858. The van der Waals surface area contributed by atoms with Gasteiger partial charge in [0.25, 0.3) is 0 Å². The molecule has 0 bridgehead atoms. The van der Waals surface area contributed by atoms with Crippen molar-refractivity contribution < 1.29 is 4.79 Å². The maximum atomic E-state index is 12.0. The van der Waals surface area contributed by atoms with Gasteiger partial charge in [0.1, 0.15) is 6.04 Å². The molecular formula is C14H17N3O. The fraction of sp³-hybridized carbons (Fsp3) is 0.429. The lowest BCUT2D eigenvalue weighted by Gasteiger charge is -2.39. The van der Waals surface area contributed by atoms with E-state index < -0.39 is 0 Å². The van der Waals surface area contributed by atoms with E-state index in [1.165, 1.54) is 0 Å². The molecule has 1 aliphatic rings. The molecule has 4 nitrogen and oxygen atoms in total. The standard InChI is InChI=1S/C14H17N3O/c1-10-5-3-4-6-12(10)17-9-11(2)16-14(18)13(17)7-8-15/h3-6,11,13H,7,9H2,1-2H3,(H,16,18). The highest BCUT2D eigenvalue weighted by Crippen LogP contribution is 2.25. The number of para-hydroxylation sites is 1. The lowest BCUT2D eigenvalue weighted by atomic mass is 10.0. The maximum Gasteiger partial charge on any atom is 0.244 e. The molecule has 2 atom stereocenters. The Kier molecular flexibility index (Phi) is 3.52. The number of nitrogens with zero attached hydrogens (tertiary/aromatic N) is 2. The number of nitrogens with one attached hydrogen (secondary N) is 1. The molecule has 2 rings (SSSR count). The lowest BCUT2D eigenvalue weighted by molar-refractivity contribution is -0.124. The number of carbonyl (C=O) groups excluding carboxylic acids is 1. The van der Waals surface area contributed by atoms with Gasteiger partial charge < -0.3 is 10.2 Å². The van der Waals surface area contributed by atoms with E-state index in [1.54, 1.807) is 0 Å². The Bertz CT molecular complexity index is 492. The molecule has 1 N–H and O–H groups in total. The van der Waals surface area contributed by atoms with Gasteiger partial charge in [0, 0.05) is 18.3 Å². The fourth-order valence-corrected chi connectivity index (χ4v) is 2.39. The number of anilines is 1. The number of piperazine rings is 1. The lowest BCUT2D eigenvalue weighted by Crippen LogP contribution is -2.59. The number of benzene rings is 1. The van der Waals surface area contributed by atoms with Crippen LogP contribution in [-0.2, 0) is 4.79 Å². The summed E-state index contributed by atoms with van der Waals surface area (Å²) in [5, 5.41) is 11.8. The molecule has 1 aromatic rings. The molecule has 1 saturated heterocycles. The number of rotatable bonds is 2. The van der Waals surface area contributed by atoms with Crippen molar-refractivity contribution in [2.24, 2.45) is 0 Å². The van der Waals surface area contributed by atoms with Gasteiger partial charge in [0.2, 0.25) is 5.91 Å². The largest absolute Gasteiger partial charge is 0.356 e.